The standard InChI is InChI=1S/C13H25NO2/c1-3-9-12(4-2)13(15)16-11-8-6-5-7-10-14/h9H,3-8,10-11,14H2,1-2H3. The van der Waals surface area contributed by atoms with Crippen molar-refractivity contribution in [1.82, 2.24) is 0 Å². The van der Waals surface area contributed by atoms with Crippen LogP contribution >= 0.6 is 0 Å². The summed E-state index contributed by atoms with van der Waals surface area (Å²) in [5.41, 5.74) is 6.19. The fraction of sp³-hybridized carbons (Fsp3) is 0.769. The van der Waals surface area contributed by atoms with Gasteiger partial charge in [0.1, 0.15) is 0 Å². The fourth-order valence-corrected chi connectivity index (χ4v) is 1.48. The predicted octanol–water partition coefficient (Wildman–Crippen LogP) is 2.80. The SMILES string of the molecule is CCC=C(CC)C(=O)OCCCCCCN. The zero-order valence-electron chi connectivity index (χ0n) is 10.6. The number of nitrogens with two attached hydrogens (primary N) is 1. The monoisotopic (exact) mass is 227 g/mol. The molecule has 0 unspecified atom stereocenters. The van der Waals surface area contributed by atoms with Gasteiger partial charge in [0.15, 0.2) is 0 Å². The first-order valence-electron chi connectivity index (χ1n) is 6.32. The second-order valence-corrected chi connectivity index (χ2v) is 3.83. The van der Waals surface area contributed by atoms with Gasteiger partial charge >= 0.3 is 5.97 Å². The third-order valence-corrected chi connectivity index (χ3v) is 2.43. The minimum absolute atomic E-state index is 0.150. The van der Waals surface area contributed by atoms with Gasteiger partial charge in [0.2, 0.25) is 0 Å². The van der Waals surface area contributed by atoms with Gasteiger partial charge in [-0.3, -0.25) is 0 Å². The molecule has 3 nitrogen and oxygen atoms in total. The zero-order chi connectivity index (χ0) is 12.2. The van der Waals surface area contributed by atoms with E-state index in [0.29, 0.717) is 6.61 Å². The van der Waals surface area contributed by atoms with Crippen molar-refractivity contribution in [2.24, 2.45) is 5.73 Å². The average Bonchev–Trinajstić information content (AvgIpc) is 2.30. The van der Waals surface area contributed by atoms with Gasteiger partial charge in [0.25, 0.3) is 0 Å². The summed E-state index contributed by atoms with van der Waals surface area (Å²) < 4.78 is 5.19. The molecule has 0 bridgehead atoms. The van der Waals surface area contributed by atoms with Crippen molar-refractivity contribution in [3.05, 3.63) is 11.6 Å². The molecule has 0 fully saturated rings. The lowest BCUT2D eigenvalue weighted by Crippen LogP contribution is -2.08. The Hall–Kier alpha value is -0.830. The van der Waals surface area contributed by atoms with Crippen molar-refractivity contribution >= 4 is 5.97 Å². The Labute approximate surface area is 99.0 Å². The molecule has 16 heavy (non-hydrogen) atoms. The van der Waals surface area contributed by atoms with E-state index in [1.54, 1.807) is 0 Å². The predicted molar refractivity (Wildman–Crippen MR) is 67.1 cm³/mol. The molecule has 2 N–H and O–H groups in total. The van der Waals surface area contributed by atoms with Crippen LogP contribution in [0.2, 0.25) is 0 Å². The van der Waals surface area contributed by atoms with Crippen LogP contribution < -0.4 is 5.73 Å². The van der Waals surface area contributed by atoms with E-state index in [1.165, 1.54) is 0 Å². The second-order valence-electron chi connectivity index (χ2n) is 3.83. The van der Waals surface area contributed by atoms with Crippen molar-refractivity contribution in [3.63, 3.8) is 0 Å². The third kappa shape index (κ3) is 7.46. The van der Waals surface area contributed by atoms with Gasteiger partial charge in [-0.2, -0.15) is 0 Å². The first-order chi connectivity index (χ1) is 7.76. The normalized spacial score (nSPS) is 11.6. The first-order valence-corrected chi connectivity index (χ1v) is 6.32. The molecule has 0 amide bonds. The van der Waals surface area contributed by atoms with Crippen molar-refractivity contribution in [2.45, 2.75) is 52.4 Å². The maximum absolute atomic E-state index is 11.5. The molecule has 0 aromatic heterocycles. The van der Waals surface area contributed by atoms with Crippen LogP contribution in [0.25, 0.3) is 0 Å². The summed E-state index contributed by atoms with van der Waals surface area (Å²) >= 11 is 0. The van der Waals surface area contributed by atoms with Crippen LogP contribution in [-0.2, 0) is 9.53 Å². The Balaban J connectivity index is 3.60. The number of allylic oxidation sites excluding steroid dienone is 1. The molecule has 0 rings (SSSR count). The van der Waals surface area contributed by atoms with E-state index in [-0.39, 0.29) is 5.97 Å². The zero-order valence-corrected chi connectivity index (χ0v) is 10.6. The summed E-state index contributed by atoms with van der Waals surface area (Å²) in [5, 5.41) is 0. The van der Waals surface area contributed by atoms with Crippen LogP contribution in [-0.4, -0.2) is 19.1 Å². The van der Waals surface area contributed by atoms with Crippen molar-refractivity contribution in [1.29, 1.82) is 0 Å². The lowest BCUT2D eigenvalue weighted by atomic mass is 10.2. The van der Waals surface area contributed by atoms with Gasteiger partial charge in [-0.1, -0.05) is 32.8 Å². The Kier molecular flexibility index (Phi) is 10.1. The number of carbonyl (C=O) groups excluding carboxylic acids is 1. The first kappa shape index (κ1) is 15.2. The number of rotatable bonds is 9. The molecule has 0 aromatic rings. The van der Waals surface area contributed by atoms with E-state index < -0.39 is 0 Å². The Bertz CT molecular complexity index is 212. The van der Waals surface area contributed by atoms with E-state index in [9.17, 15) is 4.79 Å². The average molecular weight is 227 g/mol. The molecule has 0 aliphatic rings. The quantitative estimate of drug-likeness (QED) is 0.374. The smallest absolute Gasteiger partial charge is 0.333 e. The second kappa shape index (κ2) is 10.7. The molecule has 0 saturated carbocycles. The van der Waals surface area contributed by atoms with Gasteiger partial charge in [-0.05, 0) is 32.2 Å². The molecular weight excluding hydrogens is 202 g/mol. The number of hydrogen-bond donors (Lipinski definition) is 1. The van der Waals surface area contributed by atoms with Crippen LogP contribution in [0.5, 0.6) is 0 Å². The molecule has 94 valence electrons. The number of carbonyl (C=O) groups is 1. The number of hydrogen-bond acceptors (Lipinski definition) is 3. The van der Waals surface area contributed by atoms with Gasteiger partial charge in [-0.15, -0.1) is 0 Å². The molecule has 3 heteroatoms. The summed E-state index contributed by atoms with van der Waals surface area (Å²) in [4.78, 5) is 11.5. The summed E-state index contributed by atoms with van der Waals surface area (Å²) in [6.45, 7) is 5.28. The van der Waals surface area contributed by atoms with Crippen molar-refractivity contribution < 1.29 is 9.53 Å². The van der Waals surface area contributed by atoms with Crippen LogP contribution in [0.4, 0.5) is 0 Å². The Morgan fingerprint density at radius 2 is 1.88 bits per heavy atom. The van der Waals surface area contributed by atoms with Gasteiger partial charge in [0.05, 0.1) is 6.61 Å². The molecule has 0 spiro atoms. The highest BCUT2D eigenvalue weighted by Gasteiger charge is 2.07. The highest BCUT2D eigenvalue weighted by atomic mass is 16.5. The van der Waals surface area contributed by atoms with Crippen LogP contribution in [0.15, 0.2) is 11.6 Å². The molecular formula is C13H25NO2. The molecule has 0 radical (unpaired) electrons. The summed E-state index contributed by atoms with van der Waals surface area (Å²) in [6, 6.07) is 0. The van der Waals surface area contributed by atoms with E-state index in [0.717, 1.165) is 50.6 Å². The largest absolute Gasteiger partial charge is 0.462 e. The van der Waals surface area contributed by atoms with E-state index in [1.807, 2.05) is 19.9 Å². The lowest BCUT2D eigenvalue weighted by Gasteiger charge is -2.06. The minimum atomic E-state index is -0.150. The summed E-state index contributed by atoms with van der Waals surface area (Å²) in [7, 11) is 0. The number of ether oxygens (including phenoxy) is 1. The van der Waals surface area contributed by atoms with Gasteiger partial charge in [0, 0.05) is 5.57 Å². The van der Waals surface area contributed by atoms with Crippen LogP contribution in [0, 0.1) is 0 Å². The molecule has 0 aromatic carbocycles. The van der Waals surface area contributed by atoms with Crippen LogP contribution in [0.3, 0.4) is 0 Å². The van der Waals surface area contributed by atoms with Crippen molar-refractivity contribution in [3.8, 4) is 0 Å². The minimum Gasteiger partial charge on any atom is -0.462 e. The number of unbranched alkanes of at least 4 members (excludes halogenated alkanes) is 3. The Morgan fingerprint density at radius 3 is 2.44 bits per heavy atom. The molecule has 0 atom stereocenters. The molecule has 0 heterocycles. The van der Waals surface area contributed by atoms with Gasteiger partial charge in [-0.25, -0.2) is 4.79 Å². The van der Waals surface area contributed by atoms with E-state index >= 15 is 0 Å². The summed E-state index contributed by atoms with van der Waals surface area (Å²) in [6.07, 6.45) is 7.78. The number of esters is 1. The Morgan fingerprint density at radius 1 is 1.19 bits per heavy atom. The van der Waals surface area contributed by atoms with Crippen LogP contribution in [0.1, 0.15) is 52.4 Å². The topological polar surface area (TPSA) is 52.3 Å². The molecule has 0 aliphatic heterocycles. The summed E-state index contributed by atoms with van der Waals surface area (Å²) in [5.74, 6) is -0.150. The highest BCUT2D eigenvalue weighted by molar-refractivity contribution is 5.88. The maximum atomic E-state index is 11.5. The third-order valence-electron chi connectivity index (χ3n) is 2.43. The van der Waals surface area contributed by atoms with Crippen molar-refractivity contribution in [2.75, 3.05) is 13.2 Å². The van der Waals surface area contributed by atoms with E-state index in [4.69, 9.17) is 10.5 Å². The highest BCUT2D eigenvalue weighted by Crippen LogP contribution is 2.06. The van der Waals surface area contributed by atoms with E-state index in [2.05, 4.69) is 0 Å². The molecule has 0 saturated heterocycles. The molecule has 0 aliphatic carbocycles. The lowest BCUT2D eigenvalue weighted by molar-refractivity contribution is -0.139. The fourth-order valence-electron chi connectivity index (χ4n) is 1.48. The maximum Gasteiger partial charge on any atom is 0.333 e. The van der Waals surface area contributed by atoms with Gasteiger partial charge < -0.3 is 10.5 Å².